The number of para-hydroxylation sites is 1. The monoisotopic (exact) mass is 517 g/mol. The summed E-state index contributed by atoms with van der Waals surface area (Å²) in [6, 6.07) is 35.0. The van der Waals surface area contributed by atoms with Gasteiger partial charge in [-0.15, -0.1) is 0 Å². The minimum Gasteiger partial charge on any atom is -0.456 e. The topological polar surface area (TPSA) is 24.5 Å². The van der Waals surface area contributed by atoms with E-state index < -0.39 is 5.54 Å². The molecule has 6 heterocycles. The number of allylic oxidation sites excluding steroid dienone is 1. The Balaban J connectivity index is 1.43. The maximum Gasteiger partial charge on any atom is 0.288 e. The standard InChI is InChI=1S/C35H25N4O/c1-21-20-37-27-18-23(22-10-4-3-5-11-22)19-29-31(27)35(34(37)36(21)2)32-28(40-29)16-15-25-24-12-6-7-13-26(24)39(33(25)32)30-14-8-9-17-38(30)35/h3-20,34H,1-2H3/q+1. The molecule has 0 radical (unpaired) electrons. The first kappa shape index (κ1) is 20.9. The van der Waals surface area contributed by atoms with Crippen molar-refractivity contribution in [3.8, 4) is 28.4 Å². The van der Waals surface area contributed by atoms with Gasteiger partial charge >= 0.3 is 0 Å². The minimum absolute atomic E-state index is 0.0263. The summed E-state index contributed by atoms with van der Waals surface area (Å²) in [6.07, 6.45) is 4.61. The second-order valence-electron chi connectivity index (χ2n) is 11.4. The summed E-state index contributed by atoms with van der Waals surface area (Å²) in [6.45, 7) is 2.22. The summed E-state index contributed by atoms with van der Waals surface area (Å²) in [5, 5.41) is 2.53. The van der Waals surface area contributed by atoms with Crippen molar-refractivity contribution in [3.05, 3.63) is 126 Å². The van der Waals surface area contributed by atoms with Crippen LogP contribution in [0.15, 0.2) is 115 Å². The molecule has 0 aliphatic carbocycles. The molecule has 4 aromatic carbocycles. The molecule has 2 atom stereocenters. The first-order valence-corrected chi connectivity index (χ1v) is 13.9. The summed E-state index contributed by atoms with van der Waals surface area (Å²) >= 11 is 0. The number of aromatic nitrogens is 2. The van der Waals surface area contributed by atoms with Gasteiger partial charge in [-0.2, -0.15) is 4.57 Å². The van der Waals surface area contributed by atoms with E-state index >= 15 is 0 Å². The summed E-state index contributed by atoms with van der Waals surface area (Å²) in [7, 11) is 2.23. The predicted octanol–water partition coefficient (Wildman–Crippen LogP) is 6.90. The number of benzene rings is 4. The zero-order valence-electron chi connectivity index (χ0n) is 22.2. The molecule has 0 fully saturated rings. The number of likely N-dealkylation sites (N-methyl/N-ethyl adjacent to an activating group) is 1. The fourth-order valence-corrected chi connectivity index (χ4v) is 8.00. The lowest BCUT2D eigenvalue weighted by molar-refractivity contribution is -0.743. The fourth-order valence-electron chi connectivity index (χ4n) is 8.00. The van der Waals surface area contributed by atoms with Crippen molar-refractivity contribution in [2.45, 2.75) is 18.6 Å². The summed E-state index contributed by atoms with van der Waals surface area (Å²) in [5.41, 5.74) is 9.25. The van der Waals surface area contributed by atoms with Crippen LogP contribution >= 0.6 is 0 Å². The molecule has 0 saturated heterocycles. The number of hydrogen-bond donors (Lipinski definition) is 0. The summed E-state index contributed by atoms with van der Waals surface area (Å²) in [5.74, 6) is 3.04. The van der Waals surface area contributed by atoms with E-state index in [1.165, 1.54) is 61.3 Å². The van der Waals surface area contributed by atoms with Crippen LogP contribution in [0.5, 0.6) is 11.5 Å². The van der Waals surface area contributed by atoms with Crippen molar-refractivity contribution < 1.29 is 9.30 Å². The number of rotatable bonds is 1. The van der Waals surface area contributed by atoms with Gasteiger partial charge in [-0.1, -0.05) is 48.5 Å². The minimum atomic E-state index is -0.503. The lowest BCUT2D eigenvalue weighted by Crippen LogP contribution is -2.70. The number of pyridine rings is 1. The largest absolute Gasteiger partial charge is 0.456 e. The second-order valence-corrected chi connectivity index (χ2v) is 11.4. The van der Waals surface area contributed by atoms with Crippen molar-refractivity contribution in [3.63, 3.8) is 0 Å². The maximum absolute atomic E-state index is 6.94. The Morgan fingerprint density at radius 3 is 2.50 bits per heavy atom. The molecular formula is C35H25N4O+. The van der Waals surface area contributed by atoms with E-state index in [0.717, 1.165) is 11.5 Å². The molecule has 0 amide bonds. The van der Waals surface area contributed by atoms with E-state index in [0.29, 0.717) is 0 Å². The Kier molecular flexibility index (Phi) is 3.52. The highest BCUT2D eigenvalue weighted by Gasteiger charge is 2.67. The number of nitrogens with zero attached hydrogens (tertiary/aromatic N) is 4. The average molecular weight is 518 g/mol. The lowest BCUT2D eigenvalue weighted by atomic mass is 9.76. The van der Waals surface area contributed by atoms with E-state index in [9.17, 15) is 0 Å². The van der Waals surface area contributed by atoms with Crippen LogP contribution in [0.1, 0.15) is 18.1 Å². The molecule has 6 aromatic rings. The normalized spacial score (nSPS) is 20.9. The van der Waals surface area contributed by atoms with E-state index in [1.54, 1.807) is 0 Å². The molecule has 2 aromatic heterocycles. The third-order valence-corrected chi connectivity index (χ3v) is 9.58. The van der Waals surface area contributed by atoms with Gasteiger partial charge in [0.05, 0.1) is 23.0 Å². The third-order valence-electron chi connectivity index (χ3n) is 9.58. The van der Waals surface area contributed by atoms with Gasteiger partial charge in [-0.3, -0.25) is 0 Å². The van der Waals surface area contributed by atoms with Gasteiger partial charge in [-0.05, 0) is 60.5 Å². The Labute approximate surface area is 231 Å². The van der Waals surface area contributed by atoms with Gasteiger partial charge in [0.2, 0.25) is 5.54 Å². The number of fused-ring (bicyclic) bond motifs is 7. The van der Waals surface area contributed by atoms with Gasteiger partial charge < -0.3 is 14.5 Å². The zero-order chi connectivity index (χ0) is 26.3. The van der Waals surface area contributed by atoms with Crippen LogP contribution in [0.2, 0.25) is 0 Å². The van der Waals surface area contributed by atoms with Crippen LogP contribution in [0.4, 0.5) is 5.69 Å². The van der Waals surface area contributed by atoms with Crippen molar-refractivity contribution in [1.82, 2.24) is 9.47 Å². The summed E-state index contributed by atoms with van der Waals surface area (Å²) < 4.78 is 11.9. The molecule has 0 bridgehead atoms. The smallest absolute Gasteiger partial charge is 0.288 e. The Bertz CT molecular complexity index is 2140. The quantitative estimate of drug-likeness (QED) is 0.222. The molecule has 2 unspecified atom stereocenters. The first-order chi connectivity index (χ1) is 19.7. The molecule has 40 heavy (non-hydrogen) atoms. The molecule has 5 nitrogen and oxygen atoms in total. The molecule has 190 valence electrons. The molecule has 0 N–H and O–H groups in total. The fraction of sp³-hybridized carbons (Fsp3) is 0.114. The number of ether oxygens (including phenoxy) is 1. The second kappa shape index (κ2) is 6.75. The van der Waals surface area contributed by atoms with E-state index in [2.05, 4.69) is 142 Å². The van der Waals surface area contributed by atoms with Gasteiger partial charge in [-0.25, -0.2) is 4.57 Å². The van der Waals surface area contributed by atoms with Crippen LogP contribution in [0, 0.1) is 0 Å². The molecular weight excluding hydrogens is 492 g/mol. The van der Waals surface area contributed by atoms with Gasteiger partial charge in [0.1, 0.15) is 17.0 Å². The molecule has 5 heteroatoms. The Morgan fingerprint density at radius 1 is 0.775 bits per heavy atom. The highest BCUT2D eigenvalue weighted by Crippen LogP contribution is 2.63. The van der Waals surface area contributed by atoms with Crippen molar-refractivity contribution in [2.75, 3.05) is 11.9 Å². The van der Waals surface area contributed by atoms with E-state index in [1.807, 2.05) is 0 Å². The van der Waals surface area contributed by atoms with Gasteiger partial charge in [0, 0.05) is 35.8 Å². The number of hydrogen-bond acceptors (Lipinski definition) is 3. The van der Waals surface area contributed by atoms with Crippen LogP contribution in [0.3, 0.4) is 0 Å². The first-order valence-electron chi connectivity index (χ1n) is 13.9. The zero-order valence-corrected chi connectivity index (χ0v) is 22.2. The summed E-state index contributed by atoms with van der Waals surface area (Å²) in [4.78, 5) is 4.93. The van der Waals surface area contributed by atoms with Crippen LogP contribution in [0.25, 0.3) is 38.8 Å². The molecule has 0 saturated carbocycles. The van der Waals surface area contributed by atoms with E-state index in [-0.39, 0.29) is 6.17 Å². The van der Waals surface area contributed by atoms with Crippen molar-refractivity contribution >= 4 is 27.5 Å². The van der Waals surface area contributed by atoms with Crippen molar-refractivity contribution in [1.29, 1.82) is 0 Å². The van der Waals surface area contributed by atoms with Crippen LogP contribution < -0.4 is 14.2 Å². The third kappa shape index (κ3) is 2.12. The van der Waals surface area contributed by atoms with Crippen LogP contribution in [-0.4, -0.2) is 22.7 Å². The SMILES string of the molecule is CC1=CN2c3cc(-c4ccccc4)cc4c3C3(c5c(ccc6c7ccccc7n(c56)-c5cccc[n+]53)O4)C2N1C. The van der Waals surface area contributed by atoms with Gasteiger partial charge in [0.25, 0.3) is 5.82 Å². The van der Waals surface area contributed by atoms with Gasteiger partial charge in [0.15, 0.2) is 11.7 Å². The lowest BCUT2D eigenvalue weighted by Gasteiger charge is -2.43. The molecule has 4 aliphatic rings. The Morgan fingerprint density at radius 2 is 1.60 bits per heavy atom. The number of anilines is 1. The van der Waals surface area contributed by atoms with Crippen molar-refractivity contribution in [2.24, 2.45) is 0 Å². The highest BCUT2D eigenvalue weighted by atomic mass is 16.5. The predicted molar refractivity (Wildman–Crippen MR) is 157 cm³/mol. The molecule has 10 rings (SSSR count). The Hall–Kier alpha value is -5.03. The maximum atomic E-state index is 6.94. The van der Waals surface area contributed by atoms with Crippen LogP contribution in [-0.2, 0) is 5.54 Å². The highest BCUT2D eigenvalue weighted by molar-refractivity contribution is 6.12. The molecule has 1 spiro atoms. The van der Waals surface area contributed by atoms with E-state index in [4.69, 9.17) is 4.74 Å². The average Bonchev–Trinajstić information content (AvgIpc) is 3.60. The molecule has 4 aliphatic heterocycles.